The van der Waals surface area contributed by atoms with Crippen LogP contribution in [0.2, 0.25) is 0 Å². The molecular weight excluding hydrogens is 290 g/mol. The Morgan fingerprint density at radius 2 is 2.05 bits per heavy atom. The van der Waals surface area contributed by atoms with Gasteiger partial charge in [-0.2, -0.15) is 0 Å². The largest absolute Gasteiger partial charge is 0.383 e. The summed E-state index contributed by atoms with van der Waals surface area (Å²) in [5.74, 6) is -0.353. The van der Waals surface area contributed by atoms with Crippen molar-refractivity contribution >= 4 is 5.96 Å². The van der Waals surface area contributed by atoms with E-state index in [1.807, 2.05) is 7.05 Å². The predicted octanol–water partition coefficient (Wildman–Crippen LogP) is 1.21. The molecule has 22 heavy (non-hydrogen) atoms. The van der Waals surface area contributed by atoms with Crippen LogP contribution in [-0.4, -0.2) is 58.3 Å². The molecule has 0 unspecified atom stereocenters. The lowest BCUT2D eigenvalue weighted by Crippen LogP contribution is -2.41. The highest BCUT2D eigenvalue weighted by atomic mass is 19.1. The number of benzene rings is 1. The maximum absolute atomic E-state index is 13.5. The number of ether oxygens (including phenoxy) is 1. The fourth-order valence-corrected chi connectivity index (χ4v) is 1.80. The zero-order valence-corrected chi connectivity index (χ0v) is 13.3. The molecule has 1 aromatic rings. The molecular formula is C15H24F2N4O. The topological polar surface area (TPSA) is 48.9 Å². The van der Waals surface area contributed by atoms with E-state index < -0.39 is 11.6 Å². The fraction of sp³-hybridized carbons (Fsp3) is 0.533. The van der Waals surface area contributed by atoms with E-state index in [1.54, 1.807) is 14.2 Å². The summed E-state index contributed by atoms with van der Waals surface area (Å²) in [5.41, 5.74) is 0.264. The molecule has 0 saturated carbocycles. The first-order valence-electron chi connectivity index (χ1n) is 7.12. The molecule has 7 heteroatoms. The molecule has 124 valence electrons. The molecule has 2 N–H and O–H groups in total. The molecule has 5 nitrogen and oxygen atoms in total. The van der Waals surface area contributed by atoms with Gasteiger partial charge in [-0.05, 0) is 25.2 Å². The van der Waals surface area contributed by atoms with Crippen molar-refractivity contribution in [2.45, 2.75) is 6.54 Å². The first-order chi connectivity index (χ1) is 10.6. The number of halogens is 2. The van der Waals surface area contributed by atoms with Crippen LogP contribution in [0.25, 0.3) is 0 Å². The second kappa shape index (κ2) is 10.1. The number of likely N-dealkylation sites (N-methyl/N-ethyl adjacent to an activating group) is 1. The third-order valence-corrected chi connectivity index (χ3v) is 3.14. The third kappa shape index (κ3) is 6.82. The maximum atomic E-state index is 13.5. The Morgan fingerprint density at radius 1 is 1.27 bits per heavy atom. The molecule has 0 aromatic heterocycles. The number of nitrogens with one attached hydrogen (secondary N) is 2. The molecule has 0 heterocycles. The van der Waals surface area contributed by atoms with Crippen molar-refractivity contribution in [3.8, 4) is 0 Å². The SMILES string of the molecule is CN=C(NCCN(C)CCOC)NCc1cc(F)ccc1F. The van der Waals surface area contributed by atoms with E-state index in [0.29, 0.717) is 19.1 Å². The highest BCUT2D eigenvalue weighted by Gasteiger charge is 2.05. The van der Waals surface area contributed by atoms with E-state index in [2.05, 4.69) is 20.5 Å². The summed E-state index contributed by atoms with van der Waals surface area (Å²) in [6.07, 6.45) is 0. The van der Waals surface area contributed by atoms with E-state index in [1.165, 1.54) is 6.07 Å². The van der Waals surface area contributed by atoms with Gasteiger partial charge < -0.3 is 20.3 Å². The highest BCUT2D eigenvalue weighted by Crippen LogP contribution is 2.08. The molecule has 0 bridgehead atoms. The molecule has 0 fully saturated rings. The number of guanidine groups is 1. The molecule has 0 saturated heterocycles. The minimum absolute atomic E-state index is 0.169. The summed E-state index contributed by atoms with van der Waals surface area (Å²) in [6.45, 7) is 3.20. The van der Waals surface area contributed by atoms with Crippen molar-refractivity contribution in [2.75, 3.05) is 47.4 Å². The first kappa shape index (κ1) is 18.3. The summed E-state index contributed by atoms with van der Waals surface area (Å²) in [6, 6.07) is 3.39. The molecule has 0 atom stereocenters. The number of rotatable bonds is 8. The lowest BCUT2D eigenvalue weighted by Gasteiger charge is -2.18. The van der Waals surface area contributed by atoms with Crippen LogP contribution in [0, 0.1) is 11.6 Å². The zero-order chi connectivity index (χ0) is 16.4. The van der Waals surface area contributed by atoms with Crippen molar-refractivity contribution in [3.63, 3.8) is 0 Å². The quantitative estimate of drug-likeness (QED) is 0.559. The normalized spacial score (nSPS) is 11.8. The van der Waals surface area contributed by atoms with Crippen LogP contribution < -0.4 is 10.6 Å². The Hall–Kier alpha value is -1.73. The number of methoxy groups -OCH3 is 1. The summed E-state index contributed by atoms with van der Waals surface area (Å²) < 4.78 is 31.6. The summed E-state index contributed by atoms with van der Waals surface area (Å²) in [5, 5.41) is 6.08. The van der Waals surface area contributed by atoms with Crippen LogP contribution in [-0.2, 0) is 11.3 Å². The van der Waals surface area contributed by atoms with Crippen LogP contribution in [0.4, 0.5) is 8.78 Å². The van der Waals surface area contributed by atoms with Gasteiger partial charge in [-0.25, -0.2) is 8.78 Å². The van der Waals surface area contributed by atoms with E-state index >= 15 is 0 Å². The van der Waals surface area contributed by atoms with Gasteiger partial charge in [-0.3, -0.25) is 4.99 Å². The van der Waals surface area contributed by atoms with Crippen molar-refractivity contribution < 1.29 is 13.5 Å². The minimum atomic E-state index is -0.457. The van der Waals surface area contributed by atoms with Gasteiger partial charge in [-0.15, -0.1) is 0 Å². The van der Waals surface area contributed by atoms with Crippen LogP contribution in [0.5, 0.6) is 0 Å². The molecule has 1 rings (SSSR count). The van der Waals surface area contributed by atoms with Gasteiger partial charge in [0.15, 0.2) is 5.96 Å². The lowest BCUT2D eigenvalue weighted by molar-refractivity contribution is 0.162. The van der Waals surface area contributed by atoms with Gasteiger partial charge in [0.05, 0.1) is 6.61 Å². The van der Waals surface area contributed by atoms with Crippen molar-refractivity contribution in [2.24, 2.45) is 4.99 Å². The monoisotopic (exact) mass is 314 g/mol. The molecule has 0 aliphatic rings. The van der Waals surface area contributed by atoms with Gasteiger partial charge in [0, 0.05) is 45.9 Å². The van der Waals surface area contributed by atoms with Gasteiger partial charge in [0.25, 0.3) is 0 Å². The van der Waals surface area contributed by atoms with Gasteiger partial charge >= 0.3 is 0 Å². The number of aliphatic imine (C=N–C) groups is 1. The maximum Gasteiger partial charge on any atom is 0.191 e. The summed E-state index contributed by atoms with van der Waals surface area (Å²) in [4.78, 5) is 6.17. The standard InChI is InChI=1S/C15H24F2N4O/c1-18-15(19-6-7-21(2)8-9-22-3)20-11-12-10-13(16)4-5-14(12)17/h4-5,10H,6-9,11H2,1-3H3,(H2,18,19,20). The smallest absolute Gasteiger partial charge is 0.191 e. The second-order valence-corrected chi connectivity index (χ2v) is 4.88. The first-order valence-corrected chi connectivity index (χ1v) is 7.12. The molecule has 0 spiro atoms. The Kier molecular flexibility index (Phi) is 8.39. The van der Waals surface area contributed by atoms with Crippen molar-refractivity contribution in [1.82, 2.24) is 15.5 Å². The van der Waals surface area contributed by atoms with Gasteiger partial charge in [0.1, 0.15) is 11.6 Å². The number of hydrogen-bond acceptors (Lipinski definition) is 3. The van der Waals surface area contributed by atoms with E-state index in [4.69, 9.17) is 4.74 Å². The Bertz CT molecular complexity index is 483. The van der Waals surface area contributed by atoms with Crippen molar-refractivity contribution in [3.05, 3.63) is 35.4 Å². The molecule has 0 aliphatic heterocycles. The Labute approximate surface area is 130 Å². The highest BCUT2D eigenvalue weighted by molar-refractivity contribution is 5.79. The van der Waals surface area contributed by atoms with Crippen molar-refractivity contribution in [1.29, 1.82) is 0 Å². The summed E-state index contributed by atoms with van der Waals surface area (Å²) >= 11 is 0. The third-order valence-electron chi connectivity index (χ3n) is 3.14. The Balaban J connectivity index is 2.35. The minimum Gasteiger partial charge on any atom is -0.383 e. The zero-order valence-electron chi connectivity index (χ0n) is 13.3. The number of hydrogen-bond donors (Lipinski definition) is 2. The average Bonchev–Trinajstić information content (AvgIpc) is 2.51. The van der Waals surface area contributed by atoms with Gasteiger partial charge in [0.2, 0.25) is 0 Å². The molecule has 0 radical (unpaired) electrons. The molecule has 1 aromatic carbocycles. The fourth-order valence-electron chi connectivity index (χ4n) is 1.80. The number of nitrogens with zero attached hydrogens (tertiary/aromatic N) is 2. The van der Waals surface area contributed by atoms with Gasteiger partial charge in [-0.1, -0.05) is 0 Å². The summed E-state index contributed by atoms with van der Waals surface area (Å²) in [7, 11) is 5.30. The van der Waals surface area contributed by atoms with Crippen LogP contribution in [0.3, 0.4) is 0 Å². The second-order valence-electron chi connectivity index (χ2n) is 4.88. The average molecular weight is 314 g/mol. The van der Waals surface area contributed by atoms with Crippen LogP contribution in [0.15, 0.2) is 23.2 Å². The Morgan fingerprint density at radius 3 is 2.73 bits per heavy atom. The molecule has 0 amide bonds. The van der Waals surface area contributed by atoms with Crippen LogP contribution in [0.1, 0.15) is 5.56 Å². The lowest BCUT2D eigenvalue weighted by atomic mass is 10.2. The van der Waals surface area contributed by atoms with E-state index in [0.717, 1.165) is 25.2 Å². The van der Waals surface area contributed by atoms with E-state index in [-0.39, 0.29) is 12.1 Å². The molecule has 0 aliphatic carbocycles. The van der Waals surface area contributed by atoms with E-state index in [9.17, 15) is 8.78 Å². The predicted molar refractivity (Wildman–Crippen MR) is 83.9 cm³/mol. The van der Waals surface area contributed by atoms with Crippen LogP contribution >= 0.6 is 0 Å².